The van der Waals surface area contributed by atoms with Gasteiger partial charge in [-0.15, -0.1) is 0 Å². The van der Waals surface area contributed by atoms with Crippen molar-refractivity contribution in [3.63, 3.8) is 0 Å². The Kier molecular flexibility index (Phi) is 7.27. The molecule has 27 heavy (non-hydrogen) atoms. The molecule has 1 saturated heterocycles. The summed E-state index contributed by atoms with van der Waals surface area (Å²) in [6.45, 7) is 7.45. The third-order valence-electron chi connectivity index (χ3n) is 4.49. The number of carbonyl (C=O) groups is 1. The number of benzene rings is 1. The number of piperidine rings is 1. The molecule has 2 N–H and O–H groups in total. The fourth-order valence-electron chi connectivity index (χ4n) is 2.90. The molecule has 0 radical (unpaired) electrons. The number of likely N-dealkylation sites (tertiary alicyclic amines) is 1. The van der Waals surface area contributed by atoms with Crippen molar-refractivity contribution in [1.82, 2.24) is 9.62 Å². The van der Waals surface area contributed by atoms with Crippen LogP contribution in [0.2, 0.25) is 5.02 Å². The highest BCUT2D eigenvalue weighted by molar-refractivity contribution is 7.92. The van der Waals surface area contributed by atoms with E-state index in [1.807, 2.05) is 6.92 Å². The summed E-state index contributed by atoms with van der Waals surface area (Å²) < 4.78 is 31.2. The molecule has 1 aromatic rings. The van der Waals surface area contributed by atoms with E-state index >= 15 is 0 Å². The van der Waals surface area contributed by atoms with Crippen LogP contribution in [-0.4, -0.2) is 50.1 Å². The fourth-order valence-corrected chi connectivity index (χ4v) is 4.07. The number of nitrogens with zero attached hydrogens (tertiary/aromatic N) is 1. The number of aliphatic hydroxyl groups excluding tert-OH is 1. The summed E-state index contributed by atoms with van der Waals surface area (Å²) in [6.07, 6.45) is 0.324. The standard InChI is InChI=1S/C18H25ClN2O5S/c1-4-27(24,25)20-14-5-7-21(8-6-14)18(23)11-26-17-10-15(13(3)22)16(19)9-12(17)2/h4,9-10,13-14,20,22H,1,5-8,11H2,2-3H3. The van der Waals surface area contributed by atoms with Crippen molar-refractivity contribution in [2.45, 2.75) is 38.8 Å². The summed E-state index contributed by atoms with van der Waals surface area (Å²) >= 11 is 6.11. The van der Waals surface area contributed by atoms with Gasteiger partial charge in [0.15, 0.2) is 6.61 Å². The van der Waals surface area contributed by atoms with Gasteiger partial charge in [-0.25, -0.2) is 13.1 Å². The smallest absolute Gasteiger partial charge is 0.260 e. The van der Waals surface area contributed by atoms with Gasteiger partial charge in [0.05, 0.1) is 6.10 Å². The largest absolute Gasteiger partial charge is 0.483 e. The zero-order valence-electron chi connectivity index (χ0n) is 15.4. The zero-order valence-corrected chi connectivity index (χ0v) is 17.0. The van der Waals surface area contributed by atoms with E-state index in [-0.39, 0.29) is 18.6 Å². The summed E-state index contributed by atoms with van der Waals surface area (Å²) in [7, 11) is -3.47. The Bertz CT molecular complexity index is 802. The summed E-state index contributed by atoms with van der Waals surface area (Å²) in [5.74, 6) is 0.324. The monoisotopic (exact) mass is 416 g/mol. The Morgan fingerprint density at radius 2 is 2.11 bits per heavy atom. The molecule has 0 aromatic heterocycles. The second kappa shape index (κ2) is 9.05. The molecular formula is C18H25ClN2O5S. The topological polar surface area (TPSA) is 95.9 Å². The van der Waals surface area contributed by atoms with Crippen LogP contribution >= 0.6 is 11.6 Å². The molecule has 1 heterocycles. The number of halogens is 1. The summed E-state index contributed by atoms with van der Waals surface area (Å²) in [4.78, 5) is 14.0. The van der Waals surface area contributed by atoms with Crippen molar-refractivity contribution in [3.05, 3.63) is 40.3 Å². The molecule has 2 rings (SSSR count). The average Bonchev–Trinajstić information content (AvgIpc) is 2.60. The molecule has 1 fully saturated rings. The van der Waals surface area contributed by atoms with E-state index < -0.39 is 16.1 Å². The lowest BCUT2D eigenvalue weighted by Crippen LogP contribution is -2.47. The van der Waals surface area contributed by atoms with Gasteiger partial charge in [-0.05, 0) is 44.4 Å². The molecule has 9 heteroatoms. The van der Waals surface area contributed by atoms with Crippen molar-refractivity contribution in [1.29, 1.82) is 0 Å². The van der Waals surface area contributed by atoms with Crippen LogP contribution in [0, 0.1) is 6.92 Å². The van der Waals surface area contributed by atoms with Gasteiger partial charge < -0.3 is 14.7 Å². The van der Waals surface area contributed by atoms with Crippen LogP contribution in [-0.2, 0) is 14.8 Å². The molecule has 0 spiro atoms. The van der Waals surface area contributed by atoms with E-state index in [4.69, 9.17) is 16.3 Å². The van der Waals surface area contributed by atoms with Crippen molar-refractivity contribution < 1.29 is 23.1 Å². The lowest BCUT2D eigenvalue weighted by atomic mass is 10.1. The molecule has 1 aromatic carbocycles. The van der Waals surface area contributed by atoms with Crippen LogP contribution in [0.15, 0.2) is 24.1 Å². The number of amides is 1. The maximum Gasteiger partial charge on any atom is 0.260 e. The molecule has 1 amide bonds. The van der Waals surface area contributed by atoms with Crippen LogP contribution < -0.4 is 9.46 Å². The molecular weight excluding hydrogens is 392 g/mol. The van der Waals surface area contributed by atoms with E-state index in [0.29, 0.717) is 42.3 Å². The molecule has 1 atom stereocenters. The first-order chi connectivity index (χ1) is 12.6. The highest BCUT2D eigenvalue weighted by Crippen LogP contribution is 2.30. The van der Waals surface area contributed by atoms with Crippen LogP contribution in [0.1, 0.15) is 37.0 Å². The van der Waals surface area contributed by atoms with E-state index in [1.165, 1.54) is 0 Å². The quantitative estimate of drug-likeness (QED) is 0.709. The van der Waals surface area contributed by atoms with Crippen molar-refractivity contribution in [2.24, 2.45) is 0 Å². The van der Waals surface area contributed by atoms with Gasteiger partial charge in [-0.3, -0.25) is 4.79 Å². The van der Waals surface area contributed by atoms with Gasteiger partial charge >= 0.3 is 0 Å². The van der Waals surface area contributed by atoms with Crippen molar-refractivity contribution in [3.8, 4) is 5.75 Å². The van der Waals surface area contributed by atoms with Gasteiger partial charge in [-0.1, -0.05) is 18.2 Å². The lowest BCUT2D eigenvalue weighted by Gasteiger charge is -2.32. The number of aryl methyl sites for hydroxylation is 1. The molecule has 0 bridgehead atoms. The third-order valence-corrected chi connectivity index (χ3v) is 5.92. The number of carbonyl (C=O) groups excluding carboxylic acids is 1. The maximum absolute atomic E-state index is 12.4. The average molecular weight is 417 g/mol. The lowest BCUT2D eigenvalue weighted by molar-refractivity contribution is -0.134. The van der Waals surface area contributed by atoms with Crippen LogP contribution in [0.25, 0.3) is 0 Å². The predicted octanol–water partition coefficient (Wildman–Crippen LogP) is 2.13. The second-order valence-electron chi connectivity index (χ2n) is 6.59. The normalized spacial score (nSPS) is 16.8. The molecule has 0 aliphatic carbocycles. The third kappa shape index (κ3) is 5.93. The predicted molar refractivity (Wildman–Crippen MR) is 104 cm³/mol. The van der Waals surface area contributed by atoms with Crippen molar-refractivity contribution in [2.75, 3.05) is 19.7 Å². The first-order valence-corrected chi connectivity index (χ1v) is 10.6. The van der Waals surface area contributed by atoms with E-state index in [9.17, 15) is 18.3 Å². The number of ether oxygens (including phenoxy) is 1. The summed E-state index contributed by atoms with van der Waals surface area (Å²) in [5, 5.41) is 11.1. The highest BCUT2D eigenvalue weighted by Gasteiger charge is 2.25. The Labute approximate surface area is 165 Å². The summed E-state index contributed by atoms with van der Waals surface area (Å²) in [5.41, 5.74) is 1.31. The SMILES string of the molecule is C=CS(=O)(=O)NC1CCN(C(=O)COc2cc(C(C)O)c(Cl)cc2C)CC1. The number of sulfonamides is 1. The van der Waals surface area contributed by atoms with Gasteiger partial charge in [0.25, 0.3) is 5.91 Å². The Morgan fingerprint density at radius 1 is 1.48 bits per heavy atom. The molecule has 1 unspecified atom stereocenters. The zero-order chi connectivity index (χ0) is 20.2. The second-order valence-corrected chi connectivity index (χ2v) is 8.65. The first-order valence-electron chi connectivity index (χ1n) is 8.66. The minimum atomic E-state index is -3.47. The molecule has 150 valence electrons. The molecule has 1 aliphatic heterocycles. The van der Waals surface area contributed by atoms with Crippen LogP contribution in [0.5, 0.6) is 5.75 Å². The van der Waals surface area contributed by atoms with Gasteiger partial charge in [0.1, 0.15) is 5.75 Å². The van der Waals surface area contributed by atoms with Gasteiger partial charge in [0, 0.05) is 35.1 Å². The molecule has 1 aliphatic rings. The first kappa shape index (κ1) is 21.7. The van der Waals surface area contributed by atoms with E-state index in [0.717, 1.165) is 11.0 Å². The maximum atomic E-state index is 12.4. The Balaban J connectivity index is 1.90. The number of rotatable bonds is 7. The number of nitrogens with one attached hydrogen (secondary N) is 1. The molecule has 0 saturated carbocycles. The van der Waals surface area contributed by atoms with Gasteiger partial charge in [-0.2, -0.15) is 0 Å². The fraction of sp³-hybridized carbons (Fsp3) is 0.500. The number of aliphatic hydroxyl groups is 1. The minimum Gasteiger partial charge on any atom is -0.483 e. The summed E-state index contributed by atoms with van der Waals surface area (Å²) in [6, 6.07) is 3.14. The van der Waals surface area contributed by atoms with E-state index in [2.05, 4.69) is 11.3 Å². The Morgan fingerprint density at radius 3 is 2.67 bits per heavy atom. The Hall–Kier alpha value is -1.61. The number of hydrogen-bond donors (Lipinski definition) is 2. The van der Waals surface area contributed by atoms with Crippen LogP contribution in [0.3, 0.4) is 0 Å². The van der Waals surface area contributed by atoms with Crippen LogP contribution in [0.4, 0.5) is 0 Å². The number of hydrogen-bond acceptors (Lipinski definition) is 5. The highest BCUT2D eigenvalue weighted by atomic mass is 35.5. The van der Waals surface area contributed by atoms with E-state index in [1.54, 1.807) is 24.0 Å². The van der Waals surface area contributed by atoms with Crippen molar-refractivity contribution >= 4 is 27.5 Å². The van der Waals surface area contributed by atoms with Gasteiger partial charge in [0.2, 0.25) is 10.0 Å². The minimum absolute atomic E-state index is 0.134. The molecule has 7 nitrogen and oxygen atoms in total.